The topological polar surface area (TPSA) is 27.1 Å². The van der Waals surface area contributed by atoms with Crippen molar-refractivity contribution >= 4 is 0 Å². The Bertz CT molecular complexity index is 738. The Morgan fingerprint density at radius 2 is 1.88 bits per heavy atom. The average Bonchev–Trinajstić information content (AvgIpc) is 3.13. The molecule has 0 amide bonds. The van der Waals surface area contributed by atoms with Crippen molar-refractivity contribution in [3.05, 3.63) is 67.0 Å². The van der Waals surface area contributed by atoms with E-state index in [1.807, 2.05) is 48.8 Å². The zero-order valence-corrected chi connectivity index (χ0v) is 16.8. The van der Waals surface area contributed by atoms with E-state index in [1.54, 1.807) is 0 Å². The van der Waals surface area contributed by atoms with Gasteiger partial charge in [0.1, 0.15) is 5.75 Å². The fourth-order valence-corrected chi connectivity index (χ4v) is 2.67. The standard InChI is InChI=1S/C21H23N2O.Ir/c1-2-3-4-8-17-24-20-13-11-19(12-14-20)23-16-15-22-21(23)18-9-6-5-7-10-18;/h5-7,9,11-16H,2-4,8,17H2,1H3;/q-1;. The minimum Gasteiger partial charge on any atom is -0.494 e. The van der Waals surface area contributed by atoms with E-state index in [0.29, 0.717) is 0 Å². The SMILES string of the molecule is CCCCCCOc1ccc(-n2ccnc2-c2[c-]cccc2)cc1.[Ir]. The van der Waals surface area contributed by atoms with E-state index in [1.165, 1.54) is 19.3 Å². The number of ether oxygens (including phenoxy) is 1. The molecule has 0 aliphatic heterocycles. The molecule has 0 spiro atoms. The Morgan fingerprint density at radius 3 is 2.60 bits per heavy atom. The van der Waals surface area contributed by atoms with E-state index in [0.717, 1.165) is 35.9 Å². The molecule has 3 aromatic rings. The second kappa shape index (κ2) is 10.2. The molecule has 2 aromatic carbocycles. The number of aromatic nitrogens is 2. The number of unbranched alkanes of at least 4 members (excludes halogenated alkanes) is 3. The molecule has 0 fully saturated rings. The maximum atomic E-state index is 5.81. The number of imidazole rings is 1. The summed E-state index contributed by atoms with van der Waals surface area (Å²) >= 11 is 0. The number of benzene rings is 2. The summed E-state index contributed by atoms with van der Waals surface area (Å²) in [6.45, 7) is 3.01. The Morgan fingerprint density at radius 1 is 1.04 bits per heavy atom. The van der Waals surface area contributed by atoms with E-state index in [4.69, 9.17) is 4.74 Å². The third kappa shape index (κ3) is 5.29. The average molecular weight is 512 g/mol. The van der Waals surface area contributed by atoms with E-state index < -0.39 is 0 Å². The summed E-state index contributed by atoms with van der Waals surface area (Å²) in [4.78, 5) is 4.46. The molecule has 0 aliphatic rings. The smallest absolute Gasteiger partial charge is 0.119 e. The summed E-state index contributed by atoms with van der Waals surface area (Å²) < 4.78 is 7.88. The first-order chi connectivity index (χ1) is 11.9. The maximum absolute atomic E-state index is 5.81. The molecular formula is C21H23IrN2O-. The summed E-state index contributed by atoms with van der Waals surface area (Å²) in [6.07, 6.45) is 8.67. The van der Waals surface area contributed by atoms with Gasteiger partial charge in [-0.25, -0.2) is 0 Å². The quantitative estimate of drug-likeness (QED) is 0.303. The van der Waals surface area contributed by atoms with Crippen LogP contribution in [0.2, 0.25) is 0 Å². The number of hydrogen-bond acceptors (Lipinski definition) is 2. The van der Waals surface area contributed by atoms with Crippen LogP contribution in [0.25, 0.3) is 17.1 Å². The molecular weight excluding hydrogens is 488 g/mol. The van der Waals surface area contributed by atoms with Crippen LogP contribution < -0.4 is 4.74 Å². The molecule has 1 radical (unpaired) electrons. The fourth-order valence-electron chi connectivity index (χ4n) is 2.67. The van der Waals surface area contributed by atoms with E-state index in [-0.39, 0.29) is 20.1 Å². The second-order valence-corrected chi connectivity index (χ2v) is 5.80. The predicted octanol–water partition coefficient (Wildman–Crippen LogP) is 5.30. The van der Waals surface area contributed by atoms with Crippen molar-refractivity contribution in [2.24, 2.45) is 0 Å². The van der Waals surface area contributed by atoms with Crippen LogP contribution in [0.1, 0.15) is 32.6 Å². The van der Waals surface area contributed by atoms with Crippen LogP contribution in [-0.2, 0) is 20.1 Å². The van der Waals surface area contributed by atoms with Crippen LogP contribution in [0.15, 0.2) is 60.9 Å². The molecule has 1 heterocycles. The van der Waals surface area contributed by atoms with Crippen LogP contribution >= 0.6 is 0 Å². The first kappa shape index (κ1) is 19.4. The monoisotopic (exact) mass is 512 g/mol. The van der Waals surface area contributed by atoms with Gasteiger partial charge in [-0.05, 0) is 30.7 Å². The van der Waals surface area contributed by atoms with E-state index in [2.05, 4.69) is 34.7 Å². The second-order valence-electron chi connectivity index (χ2n) is 5.80. The predicted molar refractivity (Wildman–Crippen MR) is 97.5 cm³/mol. The van der Waals surface area contributed by atoms with Crippen molar-refractivity contribution in [3.8, 4) is 22.8 Å². The minimum absolute atomic E-state index is 0. The van der Waals surface area contributed by atoms with Crippen LogP contribution in [-0.4, -0.2) is 16.2 Å². The van der Waals surface area contributed by atoms with Crippen molar-refractivity contribution in [3.63, 3.8) is 0 Å². The minimum atomic E-state index is 0. The summed E-state index contributed by atoms with van der Waals surface area (Å²) in [5.74, 6) is 1.81. The molecule has 4 heteroatoms. The molecule has 25 heavy (non-hydrogen) atoms. The van der Waals surface area contributed by atoms with E-state index in [9.17, 15) is 0 Å². The normalized spacial score (nSPS) is 10.3. The van der Waals surface area contributed by atoms with Gasteiger partial charge in [0.05, 0.1) is 12.4 Å². The van der Waals surface area contributed by atoms with Gasteiger partial charge in [-0.3, -0.25) is 4.98 Å². The number of nitrogens with zero attached hydrogens (tertiary/aromatic N) is 2. The summed E-state index contributed by atoms with van der Waals surface area (Å²) in [7, 11) is 0. The van der Waals surface area contributed by atoms with Crippen molar-refractivity contribution < 1.29 is 24.8 Å². The molecule has 0 unspecified atom stereocenters. The zero-order valence-electron chi connectivity index (χ0n) is 14.4. The van der Waals surface area contributed by atoms with Crippen molar-refractivity contribution in [1.29, 1.82) is 0 Å². The first-order valence-electron chi connectivity index (χ1n) is 8.62. The molecule has 0 aliphatic carbocycles. The van der Waals surface area contributed by atoms with E-state index >= 15 is 0 Å². The van der Waals surface area contributed by atoms with Gasteiger partial charge in [-0.2, -0.15) is 0 Å². The molecule has 0 saturated heterocycles. The van der Waals surface area contributed by atoms with Gasteiger partial charge >= 0.3 is 0 Å². The van der Waals surface area contributed by atoms with Gasteiger partial charge in [0.25, 0.3) is 0 Å². The Balaban J connectivity index is 0.00000225. The van der Waals surface area contributed by atoms with Gasteiger partial charge in [-0.15, -0.1) is 35.9 Å². The number of hydrogen-bond donors (Lipinski definition) is 0. The summed E-state index contributed by atoms with van der Waals surface area (Å²) in [5.41, 5.74) is 2.05. The molecule has 0 saturated carbocycles. The molecule has 3 nitrogen and oxygen atoms in total. The van der Waals surface area contributed by atoms with Gasteiger partial charge in [0.2, 0.25) is 0 Å². The van der Waals surface area contributed by atoms with Crippen LogP contribution in [0.4, 0.5) is 0 Å². The Hall–Kier alpha value is -1.90. The van der Waals surface area contributed by atoms with Crippen LogP contribution in [0.3, 0.4) is 0 Å². The summed E-state index contributed by atoms with van der Waals surface area (Å²) in [5, 5.41) is 0. The first-order valence-corrected chi connectivity index (χ1v) is 8.62. The third-order valence-corrected chi connectivity index (χ3v) is 3.97. The Labute approximate surface area is 163 Å². The molecule has 1 aromatic heterocycles. The van der Waals surface area contributed by atoms with Crippen LogP contribution in [0.5, 0.6) is 5.75 Å². The number of rotatable bonds is 8. The van der Waals surface area contributed by atoms with Gasteiger partial charge in [0, 0.05) is 38.2 Å². The van der Waals surface area contributed by atoms with Crippen molar-refractivity contribution in [2.45, 2.75) is 32.6 Å². The fraction of sp³-hybridized carbons (Fsp3) is 0.286. The van der Waals surface area contributed by atoms with Crippen molar-refractivity contribution in [2.75, 3.05) is 6.61 Å². The zero-order chi connectivity index (χ0) is 16.6. The maximum Gasteiger partial charge on any atom is 0.119 e. The van der Waals surface area contributed by atoms with Crippen LogP contribution in [0, 0.1) is 6.07 Å². The molecule has 133 valence electrons. The molecule has 0 atom stereocenters. The van der Waals surface area contributed by atoms with Gasteiger partial charge < -0.3 is 9.30 Å². The van der Waals surface area contributed by atoms with Crippen molar-refractivity contribution in [1.82, 2.24) is 9.55 Å². The largest absolute Gasteiger partial charge is 0.494 e. The Kier molecular flexibility index (Phi) is 7.90. The molecule has 0 bridgehead atoms. The third-order valence-electron chi connectivity index (χ3n) is 3.97. The van der Waals surface area contributed by atoms with Gasteiger partial charge in [-0.1, -0.05) is 26.2 Å². The summed E-state index contributed by atoms with van der Waals surface area (Å²) in [6, 6.07) is 19.3. The van der Waals surface area contributed by atoms with Gasteiger partial charge in [0.15, 0.2) is 0 Å². The molecule has 3 rings (SSSR count). The molecule has 0 N–H and O–H groups in total.